The van der Waals surface area contributed by atoms with Crippen LogP contribution < -0.4 is 19.7 Å². The third-order valence-electron chi connectivity index (χ3n) is 6.94. The van der Waals surface area contributed by atoms with Gasteiger partial charge in [-0.05, 0) is 35.3 Å². The van der Waals surface area contributed by atoms with Crippen LogP contribution in [0.3, 0.4) is 0 Å². The number of hydrogen-bond donors (Lipinski definition) is 1. The van der Waals surface area contributed by atoms with Crippen molar-refractivity contribution in [1.29, 1.82) is 0 Å². The Morgan fingerprint density at radius 3 is 2.85 bits per heavy atom. The van der Waals surface area contributed by atoms with E-state index in [0.29, 0.717) is 32.6 Å². The Kier molecular flexibility index (Phi) is 6.21. The number of benzene rings is 1. The predicted octanol–water partition coefficient (Wildman–Crippen LogP) is 2.96. The van der Waals surface area contributed by atoms with Crippen LogP contribution >= 0.6 is 15.9 Å². The van der Waals surface area contributed by atoms with Gasteiger partial charge in [0.25, 0.3) is 0 Å². The summed E-state index contributed by atoms with van der Waals surface area (Å²) < 4.78 is 55.1. The summed E-state index contributed by atoms with van der Waals surface area (Å²) in [6.07, 6.45) is 1.40. The van der Waals surface area contributed by atoms with E-state index in [0.717, 1.165) is 19.4 Å². The lowest BCUT2D eigenvalue weighted by Crippen LogP contribution is -2.43. The number of rotatable bonds is 5. The summed E-state index contributed by atoms with van der Waals surface area (Å²) in [5, 5.41) is 2.84. The summed E-state index contributed by atoms with van der Waals surface area (Å²) in [5.41, 5.74) is -0.597. The predicted molar refractivity (Wildman–Crippen MR) is 122 cm³/mol. The fourth-order valence-corrected chi connectivity index (χ4v) is 5.69. The molecule has 1 N–H and O–H groups in total. The molecule has 184 valence electrons. The van der Waals surface area contributed by atoms with Gasteiger partial charge in [0.1, 0.15) is 24.1 Å². The second-order valence-electron chi connectivity index (χ2n) is 8.98. The summed E-state index contributed by atoms with van der Waals surface area (Å²) in [6, 6.07) is -0.0889. The average Bonchev–Trinajstić information content (AvgIpc) is 3.25. The van der Waals surface area contributed by atoms with Crippen molar-refractivity contribution in [2.24, 2.45) is 0 Å². The van der Waals surface area contributed by atoms with Gasteiger partial charge in [0.15, 0.2) is 17.4 Å². The molecule has 8 nitrogen and oxygen atoms in total. The first kappa shape index (κ1) is 23.4. The normalized spacial score (nSPS) is 25.4. The summed E-state index contributed by atoms with van der Waals surface area (Å²) in [5.74, 6) is -1.92. The second-order valence-corrected chi connectivity index (χ2v) is 9.77. The molecule has 4 heterocycles. The van der Waals surface area contributed by atoms with E-state index < -0.39 is 27.8 Å². The van der Waals surface area contributed by atoms with Gasteiger partial charge in [0.2, 0.25) is 5.91 Å². The average molecular weight is 544 g/mol. The summed E-state index contributed by atoms with van der Waals surface area (Å²) in [6.45, 7) is 2.36. The highest BCUT2D eigenvalue weighted by Crippen LogP contribution is 2.43. The van der Waals surface area contributed by atoms with Gasteiger partial charge in [-0.3, -0.25) is 9.69 Å². The van der Waals surface area contributed by atoms with Gasteiger partial charge >= 0.3 is 6.01 Å². The number of amides is 1. The molecule has 1 aromatic heterocycles. The summed E-state index contributed by atoms with van der Waals surface area (Å²) in [7, 11) is 1.28. The molecule has 0 saturated carbocycles. The van der Waals surface area contributed by atoms with Crippen LogP contribution in [0.4, 0.5) is 19.0 Å². The number of aromatic nitrogens is 2. The number of alkyl halides is 1. The number of hydrogen-bond acceptors (Lipinski definition) is 7. The van der Waals surface area contributed by atoms with E-state index in [2.05, 4.69) is 36.1 Å². The van der Waals surface area contributed by atoms with E-state index in [1.54, 1.807) is 4.90 Å². The zero-order valence-electron chi connectivity index (χ0n) is 18.7. The number of carbonyl (C=O) groups is 1. The highest BCUT2D eigenvalue weighted by molar-refractivity contribution is 9.10. The zero-order valence-corrected chi connectivity index (χ0v) is 20.3. The van der Waals surface area contributed by atoms with Gasteiger partial charge in [0.05, 0.1) is 22.5 Å². The number of halogens is 4. The number of nitrogens with one attached hydrogen (secondary N) is 1. The van der Waals surface area contributed by atoms with Crippen LogP contribution in [0.2, 0.25) is 0 Å². The molecule has 3 aliphatic rings. The monoisotopic (exact) mass is 543 g/mol. The van der Waals surface area contributed by atoms with Crippen molar-refractivity contribution in [2.45, 2.75) is 37.4 Å². The van der Waals surface area contributed by atoms with Crippen molar-refractivity contribution in [2.75, 3.05) is 51.3 Å². The molecular formula is C22H25BrF3N5O3. The Hall–Kier alpha value is -2.34. The number of anilines is 1. The fourth-order valence-electron chi connectivity index (χ4n) is 5.32. The highest BCUT2D eigenvalue weighted by atomic mass is 79.9. The standard InChI is InChI=1S/C22H25BrF3N5O3/c1-33-19-14-18(16(25)15(23)17(19)26)28-21(29-20(14)30-7-3-13(32)27-5-8-30)34-11-22-4-2-6-31(22)10-12(24)9-22/h12H,2-11H2,1H3,(H,27,32)/t12-,22+/m1/s1. The Bertz CT molecular complexity index is 1140. The quantitative estimate of drug-likeness (QED) is 0.580. The molecular weight excluding hydrogens is 519 g/mol. The molecule has 1 amide bonds. The number of methoxy groups -OCH3 is 1. The minimum atomic E-state index is -0.917. The fraction of sp³-hybridized carbons (Fsp3) is 0.591. The molecule has 0 aliphatic carbocycles. The van der Waals surface area contributed by atoms with Crippen molar-refractivity contribution < 1.29 is 27.4 Å². The molecule has 3 saturated heterocycles. The largest absolute Gasteiger partial charge is 0.493 e. The Labute approximate surface area is 202 Å². The molecule has 34 heavy (non-hydrogen) atoms. The van der Waals surface area contributed by atoms with E-state index in [-0.39, 0.29) is 47.4 Å². The minimum Gasteiger partial charge on any atom is -0.493 e. The summed E-state index contributed by atoms with van der Waals surface area (Å²) >= 11 is 2.94. The molecule has 0 bridgehead atoms. The third kappa shape index (κ3) is 3.94. The topological polar surface area (TPSA) is 79.8 Å². The van der Waals surface area contributed by atoms with Crippen LogP contribution in [-0.2, 0) is 4.79 Å². The van der Waals surface area contributed by atoms with Crippen LogP contribution in [0.5, 0.6) is 11.8 Å². The lowest BCUT2D eigenvalue weighted by Gasteiger charge is -2.31. The van der Waals surface area contributed by atoms with E-state index in [1.165, 1.54) is 7.11 Å². The number of ether oxygens (including phenoxy) is 2. The molecule has 12 heteroatoms. The summed E-state index contributed by atoms with van der Waals surface area (Å²) in [4.78, 5) is 24.5. The van der Waals surface area contributed by atoms with Gasteiger partial charge in [0, 0.05) is 39.0 Å². The molecule has 0 radical (unpaired) electrons. The van der Waals surface area contributed by atoms with Crippen molar-refractivity contribution in [3.8, 4) is 11.8 Å². The van der Waals surface area contributed by atoms with E-state index in [9.17, 15) is 13.6 Å². The van der Waals surface area contributed by atoms with Crippen molar-refractivity contribution in [1.82, 2.24) is 20.2 Å². The Balaban J connectivity index is 1.58. The van der Waals surface area contributed by atoms with Gasteiger partial charge in [-0.15, -0.1) is 0 Å². The van der Waals surface area contributed by atoms with Crippen LogP contribution in [0.15, 0.2) is 4.47 Å². The maximum absolute atomic E-state index is 15.2. The highest BCUT2D eigenvalue weighted by Gasteiger charge is 2.49. The lowest BCUT2D eigenvalue weighted by molar-refractivity contribution is -0.120. The first-order valence-corrected chi connectivity index (χ1v) is 12.1. The van der Waals surface area contributed by atoms with Gasteiger partial charge in [-0.25, -0.2) is 13.2 Å². The first-order chi connectivity index (χ1) is 16.3. The van der Waals surface area contributed by atoms with Crippen molar-refractivity contribution in [3.63, 3.8) is 0 Å². The maximum Gasteiger partial charge on any atom is 0.319 e. The van der Waals surface area contributed by atoms with Crippen LogP contribution in [-0.4, -0.2) is 78.9 Å². The van der Waals surface area contributed by atoms with Gasteiger partial charge in [-0.1, -0.05) is 0 Å². The van der Waals surface area contributed by atoms with Crippen LogP contribution in [0.25, 0.3) is 10.9 Å². The molecule has 3 aliphatic heterocycles. The second kappa shape index (κ2) is 9.03. The third-order valence-corrected chi connectivity index (χ3v) is 7.63. The smallest absolute Gasteiger partial charge is 0.319 e. The molecule has 1 aromatic carbocycles. The number of fused-ring (bicyclic) bond motifs is 2. The Morgan fingerprint density at radius 2 is 2.06 bits per heavy atom. The molecule has 3 fully saturated rings. The van der Waals surface area contributed by atoms with E-state index in [4.69, 9.17) is 9.47 Å². The van der Waals surface area contributed by atoms with Crippen LogP contribution in [0.1, 0.15) is 25.7 Å². The number of nitrogens with zero attached hydrogens (tertiary/aromatic N) is 4. The number of carbonyl (C=O) groups excluding carboxylic acids is 1. The zero-order chi connectivity index (χ0) is 24.0. The maximum atomic E-state index is 15.2. The van der Waals surface area contributed by atoms with E-state index in [1.807, 2.05) is 0 Å². The SMILES string of the molecule is COc1c(F)c(Br)c(F)c2nc(OC[C@@]34CCCN3C[C@H](F)C4)nc(N3CCNC(=O)CC3)c12. The lowest BCUT2D eigenvalue weighted by atomic mass is 9.95. The Morgan fingerprint density at radius 1 is 1.24 bits per heavy atom. The first-order valence-electron chi connectivity index (χ1n) is 11.3. The molecule has 2 atom stereocenters. The van der Waals surface area contributed by atoms with Crippen molar-refractivity contribution >= 4 is 38.6 Å². The van der Waals surface area contributed by atoms with Gasteiger partial charge < -0.3 is 19.7 Å². The molecule has 0 unspecified atom stereocenters. The molecule has 2 aromatic rings. The molecule has 5 rings (SSSR count). The van der Waals surface area contributed by atoms with Gasteiger partial charge in [-0.2, -0.15) is 9.97 Å². The van der Waals surface area contributed by atoms with Crippen molar-refractivity contribution in [3.05, 3.63) is 16.1 Å². The molecule has 0 spiro atoms. The minimum absolute atomic E-state index is 0.0627. The van der Waals surface area contributed by atoms with Crippen LogP contribution in [0, 0.1) is 11.6 Å². The van der Waals surface area contributed by atoms with E-state index >= 15 is 4.39 Å².